The Balaban J connectivity index is 3.20. The minimum Gasteiger partial charge on any atom is -0.493 e. The Hall–Kier alpha value is -1.64. The Morgan fingerprint density at radius 3 is 1.94 bits per heavy atom. The third kappa shape index (κ3) is 2.69. The van der Waals surface area contributed by atoms with Crippen molar-refractivity contribution < 1.29 is 14.2 Å². The molecule has 0 aliphatic rings. The summed E-state index contributed by atoms with van der Waals surface area (Å²) in [4.78, 5) is 0. The van der Waals surface area contributed by atoms with E-state index in [2.05, 4.69) is 13.0 Å². The highest BCUT2D eigenvalue weighted by Gasteiger charge is 2.11. The van der Waals surface area contributed by atoms with Crippen LogP contribution in [-0.4, -0.2) is 21.3 Å². The minimum atomic E-state index is 0.624. The van der Waals surface area contributed by atoms with Gasteiger partial charge in [-0.1, -0.05) is 19.1 Å². The van der Waals surface area contributed by atoms with Crippen LogP contribution in [0.25, 0.3) is 6.08 Å². The van der Waals surface area contributed by atoms with Crippen LogP contribution in [0.2, 0.25) is 0 Å². The van der Waals surface area contributed by atoms with Gasteiger partial charge in [0, 0.05) is 0 Å². The first-order chi connectivity index (χ1) is 7.76. The summed E-state index contributed by atoms with van der Waals surface area (Å²) in [5, 5.41) is 0. The summed E-state index contributed by atoms with van der Waals surface area (Å²) >= 11 is 0. The molecule has 0 heterocycles. The average Bonchev–Trinajstić information content (AvgIpc) is 2.34. The van der Waals surface area contributed by atoms with Crippen LogP contribution in [0.15, 0.2) is 18.2 Å². The first-order valence-corrected chi connectivity index (χ1v) is 5.23. The van der Waals surface area contributed by atoms with E-state index in [1.54, 1.807) is 21.3 Å². The lowest BCUT2D eigenvalue weighted by molar-refractivity contribution is 0.324. The quantitative estimate of drug-likeness (QED) is 0.766. The SMILES string of the molecule is CC/C=C\c1cc(OC)c(OC)c(OC)c1. The topological polar surface area (TPSA) is 27.7 Å². The van der Waals surface area contributed by atoms with Crippen molar-refractivity contribution in [3.8, 4) is 17.2 Å². The molecule has 1 aromatic carbocycles. The van der Waals surface area contributed by atoms with Crippen molar-refractivity contribution in [2.24, 2.45) is 0 Å². The van der Waals surface area contributed by atoms with E-state index in [1.165, 1.54) is 0 Å². The number of ether oxygens (including phenoxy) is 3. The summed E-state index contributed by atoms with van der Waals surface area (Å²) in [5.74, 6) is 1.98. The van der Waals surface area contributed by atoms with Crippen molar-refractivity contribution in [1.82, 2.24) is 0 Å². The molecule has 1 rings (SSSR count). The zero-order chi connectivity index (χ0) is 12.0. The molecule has 16 heavy (non-hydrogen) atoms. The van der Waals surface area contributed by atoms with Crippen molar-refractivity contribution >= 4 is 6.08 Å². The van der Waals surface area contributed by atoms with E-state index < -0.39 is 0 Å². The lowest BCUT2D eigenvalue weighted by Gasteiger charge is -2.12. The second-order valence-corrected chi connectivity index (χ2v) is 3.27. The van der Waals surface area contributed by atoms with E-state index in [4.69, 9.17) is 14.2 Å². The summed E-state index contributed by atoms with van der Waals surface area (Å²) in [6.45, 7) is 2.09. The molecule has 0 unspecified atom stereocenters. The van der Waals surface area contributed by atoms with Crippen LogP contribution in [-0.2, 0) is 0 Å². The van der Waals surface area contributed by atoms with Crippen molar-refractivity contribution in [3.63, 3.8) is 0 Å². The number of rotatable bonds is 5. The van der Waals surface area contributed by atoms with E-state index in [9.17, 15) is 0 Å². The van der Waals surface area contributed by atoms with E-state index in [0.717, 1.165) is 12.0 Å². The van der Waals surface area contributed by atoms with Gasteiger partial charge in [-0.2, -0.15) is 0 Å². The van der Waals surface area contributed by atoms with Gasteiger partial charge in [-0.25, -0.2) is 0 Å². The average molecular weight is 222 g/mol. The van der Waals surface area contributed by atoms with Crippen LogP contribution in [0.1, 0.15) is 18.9 Å². The molecule has 0 aliphatic carbocycles. The van der Waals surface area contributed by atoms with Gasteiger partial charge >= 0.3 is 0 Å². The zero-order valence-electron chi connectivity index (χ0n) is 10.2. The maximum atomic E-state index is 5.26. The summed E-state index contributed by atoms with van der Waals surface area (Å²) in [6, 6.07) is 3.85. The lowest BCUT2D eigenvalue weighted by Crippen LogP contribution is -1.95. The molecule has 0 saturated carbocycles. The molecular weight excluding hydrogens is 204 g/mol. The highest BCUT2D eigenvalue weighted by atomic mass is 16.5. The summed E-state index contributed by atoms with van der Waals surface area (Å²) in [7, 11) is 4.83. The zero-order valence-corrected chi connectivity index (χ0v) is 10.2. The molecular formula is C13H18O3. The van der Waals surface area contributed by atoms with Gasteiger partial charge < -0.3 is 14.2 Å². The van der Waals surface area contributed by atoms with Gasteiger partial charge in [0.1, 0.15) is 0 Å². The second kappa shape index (κ2) is 6.05. The number of allylic oxidation sites excluding steroid dienone is 1. The van der Waals surface area contributed by atoms with Crippen molar-refractivity contribution in [2.75, 3.05) is 21.3 Å². The standard InChI is InChI=1S/C13H18O3/c1-5-6-7-10-8-11(14-2)13(16-4)12(9-10)15-3/h6-9H,5H2,1-4H3/b7-6-. The molecule has 0 atom stereocenters. The highest BCUT2D eigenvalue weighted by molar-refractivity contribution is 5.62. The number of hydrogen-bond donors (Lipinski definition) is 0. The van der Waals surface area contributed by atoms with Crippen LogP contribution < -0.4 is 14.2 Å². The van der Waals surface area contributed by atoms with Gasteiger partial charge in [0.25, 0.3) is 0 Å². The third-order valence-electron chi connectivity index (χ3n) is 2.23. The Labute approximate surface area is 96.6 Å². The largest absolute Gasteiger partial charge is 0.493 e. The predicted octanol–water partition coefficient (Wildman–Crippen LogP) is 3.14. The molecule has 0 fully saturated rings. The number of benzene rings is 1. The van der Waals surface area contributed by atoms with Crippen molar-refractivity contribution in [2.45, 2.75) is 13.3 Å². The van der Waals surface area contributed by atoms with Crippen LogP contribution in [0.4, 0.5) is 0 Å². The van der Waals surface area contributed by atoms with E-state index in [1.807, 2.05) is 18.2 Å². The fourth-order valence-corrected chi connectivity index (χ4v) is 1.45. The van der Waals surface area contributed by atoms with Gasteiger partial charge in [0.15, 0.2) is 11.5 Å². The molecule has 1 aromatic rings. The van der Waals surface area contributed by atoms with Crippen LogP contribution in [0.3, 0.4) is 0 Å². The molecule has 0 bridgehead atoms. The highest BCUT2D eigenvalue weighted by Crippen LogP contribution is 2.38. The summed E-state index contributed by atoms with van der Waals surface area (Å²) < 4.78 is 15.8. The number of hydrogen-bond acceptors (Lipinski definition) is 3. The van der Waals surface area contributed by atoms with Gasteiger partial charge in [0.05, 0.1) is 21.3 Å². The number of methoxy groups -OCH3 is 3. The van der Waals surface area contributed by atoms with Crippen molar-refractivity contribution in [1.29, 1.82) is 0 Å². The van der Waals surface area contributed by atoms with Crippen LogP contribution in [0.5, 0.6) is 17.2 Å². The van der Waals surface area contributed by atoms with Gasteiger partial charge in [-0.05, 0) is 24.1 Å². The molecule has 0 amide bonds. The maximum absolute atomic E-state index is 5.26. The molecule has 0 aromatic heterocycles. The Bertz CT molecular complexity index is 344. The first-order valence-electron chi connectivity index (χ1n) is 5.23. The summed E-state index contributed by atoms with van der Waals surface area (Å²) in [6.07, 6.45) is 5.11. The first kappa shape index (κ1) is 12.4. The Kier molecular flexibility index (Phi) is 4.70. The van der Waals surface area contributed by atoms with Gasteiger partial charge in [-0.3, -0.25) is 0 Å². The molecule has 0 saturated heterocycles. The Morgan fingerprint density at radius 1 is 1.00 bits per heavy atom. The van der Waals surface area contributed by atoms with Gasteiger partial charge in [-0.15, -0.1) is 0 Å². The molecule has 3 heteroatoms. The maximum Gasteiger partial charge on any atom is 0.203 e. The van der Waals surface area contributed by atoms with Crippen LogP contribution in [0, 0.1) is 0 Å². The second-order valence-electron chi connectivity index (χ2n) is 3.27. The fourth-order valence-electron chi connectivity index (χ4n) is 1.45. The van der Waals surface area contributed by atoms with E-state index >= 15 is 0 Å². The molecule has 0 N–H and O–H groups in total. The van der Waals surface area contributed by atoms with E-state index in [0.29, 0.717) is 17.2 Å². The molecule has 88 valence electrons. The normalized spacial score (nSPS) is 10.5. The molecule has 0 spiro atoms. The molecule has 0 radical (unpaired) electrons. The minimum absolute atomic E-state index is 0.624. The lowest BCUT2D eigenvalue weighted by atomic mass is 10.1. The van der Waals surface area contributed by atoms with Gasteiger partial charge in [0.2, 0.25) is 5.75 Å². The Morgan fingerprint density at radius 2 is 1.56 bits per heavy atom. The molecule has 3 nitrogen and oxygen atoms in total. The fraction of sp³-hybridized carbons (Fsp3) is 0.385. The molecule has 0 aliphatic heterocycles. The van der Waals surface area contributed by atoms with Crippen LogP contribution >= 0.6 is 0 Å². The smallest absolute Gasteiger partial charge is 0.203 e. The predicted molar refractivity (Wildman–Crippen MR) is 65.4 cm³/mol. The summed E-state index contributed by atoms with van der Waals surface area (Å²) in [5.41, 5.74) is 1.04. The monoisotopic (exact) mass is 222 g/mol. The van der Waals surface area contributed by atoms with Crippen molar-refractivity contribution in [3.05, 3.63) is 23.8 Å². The van der Waals surface area contributed by atoms with E-state index in [-0.39, 0.29) is 0 Å². The third-order valence-corrected chi connectivity index (χ3v) is 2.23.